The molecular formula is C59H78N2OSSi. The molecule has 1 aliphatic rings. The molecule has 0 atom stereocenters. The molecule has 3 nitrogen and oxygen atoms in total. The number of methoxy groups -OCH3 is 1. The van der Waals surface area contributed by atoms with Gasteiger partial charge in [-0.15, -0.1) is 0 Å². The van der Waals surface area contributed by atoms with E-state index in [0.29, 0.717) is 0 Å². The molecular weight excluding hydrogens is 813 g/mol. The van der Waals surface area contributed by atoms with Crippen LogP contribution in [0.1, 0.15) is 49.9 Å². The summed E-state index contributed by atoms with van der Waals surface area (Å²) >= 11 is 1.75. The monoisotopic (exact) mass is 891 g/mol. The van der Waals surface area contributed by atoms with Gasteiger partial charge in [-0.3, -0.25) is 0 Å². The zero-order valence-corrected chi connectivity index (χ0v) is 43.6. The lowest BCUT2D eigenvalue weighted by Gasteiger charge is -2.25. The average molecular weight is 891 g/mol. The summed E-state index contributed by atoms with van der Waals surface area (Å²) in [6, 6.07) is 70.7. The first-order valence-electron chi connectivity index (χ1n) is 22.1. The highest BCUT2D eigenvalue weighted by atomic mass is 32.2. The summed E-state index contributed by atoms with van der Waals surface area (Å²) in [7, 11) is 11.9. The maximum absolute atomic E-state index is 4.25. The zero-order valence-electron chi connectivity index (χ0n) is 41.8. The van der Waals surface area contributed by atoms with Gasteiger partial charge in [0.15, 0.2) is 0 Å². The molecule has 64 heavy (non-hydrogen) atoms. The molecule has 1 aliphatic carbocycles. The van der Waals surface area contributed by atoms with Crippen LogP contribution in [0.4, 0.5) is 5.69 Å². The summed E-state index contributed by atoms with van der Waals surface area (Å²) in [5, 5.41) is 2.99. The number of thioether (sulfide) groups is 1. The molecule has 0 unspecified atom stereocenters. The quantitative estimate of drug-likeness (QED) is 0.160. The van der Waals surface area contributed by atoms with Crippen molar-refractivity contribution in [2.24, 2.45) is 0 Å². The van der Waals surface area contributed by atoms with Crippen molar-refractivity contribution in [1.82, 2.24) is 4.90 Å². The minimum atomic E-state index is -1.46. The van der Waals surface area contributed by atoms with Crippen LogP contribution in [-0.4, -0.2) is 74.9 Å². The number of ether oxygens (including phenoxy) is 1. The van der Waals surface area contributed by atoms with E-state index in [1.54, 1.807) is 26.0 Å². The standard InChI is InChI=1S/C15H14.C15H16.C14H16Si.C8H11N.C3H9N.C2H6O.C2H6S/c1-15(2)13-9-5-3-7-11(13)12-8-4-6-10-14(12)15;2*1-15(2,13-9-5-3-6-10-13)14-11-7-4-8-12-14;1-9(2)8-6-4-3-5-7-8;1-4(2)3;2*1-3-2/h3-10H,1-2H3;2*3-12H,1-2H3;3-7H,1-2H3;1-3H3;2*1-2H3. The summed E-state index contributed by atoms with van der Waals surface area (Å²) < 4.78 is 4.25. The van der Waals surface area contributed by atoms with Gasteiger partial charge in [0, 0.05) is 44.8 Å². The molecule has 5 heteroatoms. The van der Waals surface area contributed by atoms with Gasteiger partial charge in [0.05, 0.1) is 0 Å². The first-order chi connectivity index (χ1) is 30.5. The first kappa shape index (κ1) is 55.0. The van der Waals surface area contributed by atoms with Crippen LogP contribution in [0.5, 0.6) is 0 Å². The maximum Gasteiger partial charge on any atom is 0.112 e. The largest absolute Gasteiger partial charge is 0.388 e. The van der Waals surface area contributed by atoms with Crippen LogP contribution in [-0.2, 0) is 15.6 Å². The molecule has 8 rings (SSSR count). The Labute approximate surface area is 395 Å². The van der Waals surface area contributed by atoms with E-state index in [2.05, 4.69) is 232 Å². The number of benzene rings is 7. The second-order valence-corrected chi connectivity index (χ2v) is 23.0. The summed E-state index contributed by atoms with van der Waals surface area (Å²) in [6.07, 6.45) is 4.08. The summed E-state index contributed by atoms with van der Waals surface area (Å²) in [5.41, 5.74) is 9.91. The van der Waals surface area contributed by atoms with Gasteiger partial charge >= 0.3 is 0 Å². The fourth-order valence-electron chi connectivity index (χ4n) is 7.15. The Kier molecular flexibility index (Phi) is 24.5. The minimum Gasteiger partial charge on any atom is -0.388 e. The van der Waals surface area contributed by atoms with Gasteiger partial charge in [-0.2, -0.15) is 11.8 Å². The molecule has 0 aliphatic heterocycles. The molecule has 0 fully saturated rings. The Hall–Kier alpha value is -5.17. The van der Waals surface area contributed by atoms with Crippen molar-refractivity contribution in [3.63, 3.8) is 0 Å². The lowest BCUT2D eigenvalue weighted by molar-refractivity contribution is 0.277. The van der Waals surface area contributed by atoms with Gasteiger partial charge < -0.3 is 14.5 Å². The maximum atomic E-state index is 4.25. The molecule has 0 radical (unpaired) electrons. The number of hydrogen-bond acceptors (Lipinski definition) is 4. The van der Waals surface area contributed by atoms with Gasteiger partial charge in [-0.1, -0.05) is 239 Å². The molecule has 340 valence electrons. The number of anilines is 1. The minimum absolute atomic E-state index is 0.0858. The van der Waals surface area contributed by atoms with Crippen LogP contribution in [0.25, 0.3) is 11.1 Å². The Morgan fingerprint density at radius 1 is 0.453 bits per heavy atom. The van der Waals surface area contributed by atoms with Crippen LogP contribution < -0.4 is 15.3 Å². The summed E-state index contributed by atoms with van der Waals surface area (Å²) in [5.74, 6) is 0. The smallest absolute Gasteiger partial charge is 0.112 e. The second-order valence-electron chi connectivity index (χ2n) is 17.8. The van der Waals surface area contributed by atoms with E-state index in [1.807, 2.05) is 70.8 Å². The van der Waals surface area contributed by atoms with Crippen molar-refractivity contribution in [2.45, 2.75) is 51.6 Å². The Bertz CT molecular complexity index is 2020. The van der Waals surface area contributed by atoms with Crippen molar-refractivity contribution in [2.75, 3.05) is 66.9 Å². The van der Waals surface area contributed by atoms with Gasteiger partial charge in [-0.25, -0.2) is 0 Å². The topological polar surface area (TPSA) is 15.7 Å². The number of para-hydroxylation sites is 1. The molecule has 0 spiro atoms. The van der Waals surface area contributed by atoms with E-state index in [1.165, 1.54) is 49.4 Å². The van der Waals surface area contributed by atoms with E-state index >= 15 is 0 Å². The molecule has 0 aromatic heterocycles. The average Bonchev–Trinajstić information content (AvgIpc) is 3.54. The van der Waals surface area contributed by atoms with Crippen molar-refractivity contribution < 1.29 is 4.74 Å². The number of rotatable bonds is 5. The van der Waals surface area contributed by atoms with Crippen molar-refractivity contribution in [3.05, 3.63) is 222 Å². The van der Waals surface area contributed by atoms with Crippen LogP contribution in [0.2, 0.25) is 13.1 Å². The number of nitrogens with zero attached hydrogens (tertiary/aromatic N) is 2. The lowest BCUT2D eigenvalue weighted by Crippen LogP contribution is -2.52. The molecule has 0 saturated carbocycles. The highest BCUT2D eigenvalue weighted by molar-refractivity contribution is 7.97. The van der Waals surface area contributed by atoms with Crippen molar-refractivity contribution in [1.29, 1.82) is 0 Å². The van der Waals surface area contributed by atoms with Crippen LogP contribution in [0.15, 0.2) is 200 Å². The fourth-order valence-corrected chi connectivity index (χ4v) is 9.53. The summed E-state index contributed by atoms with van der Waals surface area (Å²) in [4.78, 5) is 4.08. The van der Waals surface area contributed by atoms with Gasteiger partial charge in [0.25, 0.3) is 0 Å². The third kappa shape index (κ3) is 17.4. The van der Waals surface area contributed by atoms with Gasteiger partial charge in [0.1, 0.15) is 8.07 Å². The highest BCUT2D eigenvalue weighted by Crippen LogP contribution is 2.48. The van der Waals surface area contributed by atoms with E-state index in [4.69, 9.17) is 0 Å². The molecule has 0 saturated heterocycles. The van der Waals surface area contributed by atoms with Crippen molar-refractivity contribution >= 4 is 35.9 Å². The van der Waals surface area contributed by atoms with E-state index in [-0.39, 0.29) is 10.8 Å². The zero-order chi connectivity index (χ0) is 47.6. The normalized spacial score (nSPS) is 11.4. The lowest BCUT2D eigenvalue weighted by atomic mass is 9.78. The Morgan fingerprint density at radius 3 is 0.984 bits per heavy atom. The Balaban J connectivity index is 0.000000277. The van der Waals surface area contributed by atoms with Crippen LogP contribution in [0.3, 0.4) is 0 Å². The SMILES string of the molecule is CC(C)(c1ccccc1)c1ccccc1.CC1(C)c2ccccc2-c2ccccc21.CN(C)C.CN(C)c1ccccc1.COC.CSC.C[Si](C)(c1ccccc1)c1ccccc1. The number of fused-ring (bicyclic) bond motifs is 3. The third-order valence-electron chi connectivity index (χ3n) is 10.7. The van der Waals surface area contributed by atoms with Crippen LogP contribution >= 0.6 is 11.8 Å². The fraction of sp³-hybridized carbons (Fsp3) is 0.288. The van der Waals surface area contributed by atoms with Gasteiger partial charge in [-0.05, 0) is 79.2 Å². The van der Waals surface area contributed by atoms with E-state index in [0.717, 1.165) is 0 Å². The molecule has 7 aromatic rings. The predicted octanol–water partition coefficient (Wildman–Crippen LogP) is 13.7. The third-order valence-corrected chi connectivity index (χ3v) is 14.3. The van der Waals surface area contributed by atoms with Crippen molar-refractivity contribution in [3.8, 4) is 11.1 Å². The van der Waals surface area contributed by atoms with E-state index in [9.17, 15) is 0 Å². The van der Waals surface area contributed by atoms with Gasteiger partial charge in [0.2, 0.25) is 0 Å². The molecule has 0 amide bonds. The highest BCUT2D eigenvalue weighted by Gasteiger charge is 2.34. The predicted molar refractivity (Wildman–Crippen MR) is 291 cm³/mol. The van der Waals surface area contributed by atoms with E-state index < -0.39 is 8.07 Å². The molecule has 0 bridgehead atoms. The first-order valence-corrected chi connectivity index (χ1v) is 26.7. The Morgan fingerprint density at radius 2 is 0.703 bits per heavy atom. The molecule has 0 heterocycles. The van der Waals surface area contributed by atoms with Crippen LogP contribution in [0, 0.1) is 0 Å². The summed E-state index contributed by atoms with van der Waals surface area (Å²) in [6.45, 7) is 13.9. The molecule has 0 N–H and O–H groups in total. The number of hydrogen-bond donors (Lipinski definition) is 0. The molecule has 7 aromatic carbocycles. The second kappa shape index (κ2) is 28.6.